The highest BCUT2D eigenvalue weighted by Gasteiger charge is 2.30. The van der Waals surface area contributed by atoms with Crippen LogP contribution in [0.15, 0.2) is 30.3 Å². The first kappa shape index (κ1) is 22.2. The summed E-state index contributed by atoms with van der Waals surface area (Å²) in [6, 6.07) is 8.90. The molecule has 144 valence electrons. The van der Waals surface area contributed by atoms with E-state index in [2.05, 4.69) is 6.92 Å². The smallest absolute Gasteiger partial charge is 0.365 e. The summed E-state index contributed by atoms with van der Waals surface area (Å²) in [5.41, 5.74) is 0. The van der Waals surface area contributed by atoms with E-state index in [0.717, 1.165) is 19.3 Å². The fraction of sp³-hybridized carbons (Fsp3) is 0.700. The molecule has 0 bridgehead atoms. The third-order valence-electron chi connectivity index (χ3n) is 4.45. The van der Waals surface area contributed by atoms with E-state index in [0.29, 0.717) is 12.2 Å². The Kier molecular flexibility index (Phi) is 11.9. The molecule has 0 fully saturated rings. The molecule has 0 aliphatic heterocycles. The maximum absolute atomic E-state index is 11.6. The Morgan fingerprint density at radius 3 is 1.80 bits per heavy atom. The van der Waals surface area contributed by atoms with Crippen LogP contribution in [0.25, 0.3) is 0 Å². The summed E-state index contributed by atoms with van der Waals surface area (Å²) in [5, 5.41) is 0. The Hall–Kier alpha value is -0.830. The minimum Gasteiger partial charge on any atom is -0.478 e. The minimum atomic E-state index is -4.24. The number of hydrogen-bond donors (Lipinski definition) is 2. The van der Waals surface area contributed by atoms with Gasteiger partial charge in [-0.3, -0.25) is 4.57 Å². The molecule has 4 nitrogen and oxygen atoms in total. The molecule has 1 unspecified atom stereocenters. The summed E-state index contributed by atoms with van der Waals surface area (Å²) < 4.78 is 17.1. The van der Waals surface area contributed by atoms with Crippen molar-refractivity contribution in [2.45, 2.75) is 89.8 Å². The number of unbranched alkanes of at least 4 members (excludes halogenated alkanes) is 10. The van der Waals surface area contributed by atoms with Crippen molar-refractivity contribution in [1.82, 2.24) is 0 Å². The molecule has 1 rings (SSSR count). The Bertz CT molecular complexity index is 472. The van der Waals surface area contributed by atoms with Crippen LogP contribution < -0.4 is 4.74 Å². The van der Waals surface area contributed by atoms with Gasteiger partial charge in [-0.05, 0) is 25.0 Å². The molecule has 1 atom stereocenters. The third kappa shape index (κ3) is 11.4. The maximum Gasteiger partial charge on any atom is 0.365 e. The van der Waals surface area contributed by atoms with Gasteiger partial charge in [-0.2, -0.15) is 0 Å². The molecule has 2 N–H and O–H groups in total. The quantitative estimate of drug-likeness (QED) is 0.282. The van der Waals surface area contributed by atoms with Crippen molar-refractivity contribution in [2.24, 2.45) is 0 Å². The molecule has 0 amide bonds. The topological polar surface area (TPSA) is 66.8 Å². The van der Waals surface area contributed by atoms with Gasteiger partial charge in [0.2, 0.25) is 0 Å². The third-order valence-corrected chi connectivity index (χ3v) is 5.56. The Labute approximate surface area is 153 Å². The van der Waals surface area contributed by atoms with Crippen molar-refractivity contribution >= 4 is 7.60 Å². The van der Waals surface area contributed by atoms with Crippen molar-refractivity contribution < 1.29 is 19.1 Å². The van der Waals surface area contributed by atoms with E-state index in [1.807, 2.05) is 6.07 Å². The highest BCUT2D eigenvalue weighted by Crippen LogP contribution is 2.44. The summed E-state index contributed by atoms with van der Waals surface area (Å²) in [7, 11) is -4.24. The second kappa shape index (κ2) is 13.4. The van der Waals surface area contributed by atoms with Crippen LogP contribution in [0, 0.1) is 0 Å². The first-order chi connectivity index (χ1) is 12.0. The molecule has 5 heteroatoms. The second-order valence-electron chi connectivity index (χ2n) is 6.80. The van der Waals surface area contributed by atoms with Crippen LogP contribution >= 0.6 is 7.60 Å². The normalized spacial score (nSPS) is 12.9. The molecule has 25 heavy (non-hydrogen) atoms. The zero-order valence-corrected chi connectivity index (χ0v) is 16.5. The van der Waals surface area contributed by atoms with Crippen molar-refractivity contribution in [3.8, 4) is 5.75 Å². The van der Waals surface area contributed by atoms with Gasteiger partial charge in [0, 0.05) is 0 Å². The summed E-state index contributed by atoms with van der Waals surface area (Å²) in [6.45, 7) is 2.24. The van der Waals surface area contributed by atoms with Crippen molar-refractivity contribution in [1.29, 1.82) is 0 Å². The van der Waals surface area contributed by atoms with E-state index >= 15 is 0 Å². The van der Waals surface area contributed by atoms with Crippen LogP contribution in [-0.4, -0.2) is 15.6 Å². The van der Waals surface area contributed by atoms with Gasteiger partial charge in [0.05, 0.1) is 0 Å². The summed E-state index contributed by atoms with van der Waals surface area (Å²) >= 11 is 0. The number of rotatable bonds is 15. The molecule has 0 heterocycles. The van der Waals surface area contributed by atoms with E-state index in [1.54, 1.807) is 24.3 Å². The van der Waals surface area contributed by atoms with E-state index in [4.69, 9.17) is 4.74 Å². The van der Waals surface area contributed by atoms with Crippen molar-refractivity contribution in [3.63, 3.8) is 0 Å². The standard InChI is InChI=1S/C20H35O4P/c1-2-3-4-5-6-7-8-9-10-11-15-18-20(25(21,22)23)24-19-16-13-12-14-17-19/h12-14,16-17,20H,2-11,15,18H2,1H3,(H2,21,22,23). The fourth-order valence-electron chi connectivity index (χ4n) is 2.94. The zero-order valence-electron chi connectivity index (χ0n) is 15.6. The summed E-state index contributed by atoms with van der Waals surface area (Å²) in [6.07, 6.45) is 13.8. The Morgan fingerprint density at radius 2 is 1.32 bits per heavy atom. The van der Waals surface area contributed by atoms with Crippen LogP contribution in [0.1, 0.15) is 84.0 Å². The molecule has 0 aliphatic rings. The molecular weight excluding hydrogens is 335 g/mol. The van der Waals surface area contributed by atoms with Gasteiger partial charge in [0.1, 0.15) is 5.75 Å². The molecular formula is C20H35O4P. The average molecular weight is 370 g/mol. The van der Waals surface area contributed by atoms with Gasteiger partial charge in [-0.25, -0.2) is 0 Å². The van der Waals surface area contributed by atoms with Gasteiger partial charge < -0.3 is 14.5 Å². The molecule has 1 aromatic rings. The summed E-state index contributed by atoms with van der Waals surface area (Å²) in [4.78, 5) is 19.0. The second-order valence-corrected chi connectivity index (χ2v) is 8.55. The van der Waals surface area contributed by atoms with Gasteiger partial charge in [0.25, 0.3) is 0 Å². The van der Waals surface area contributed by atoms with Gasteiger partial charge in [-0.15, -0.1) is 0 Å². The minimum absolute atomic E-state index is 0.399. The highest BCUT2D eigenvalue weighted by molar-refractivity contribution is 7.52. The largest absolute Gasteiger partial charge is 0.478 e. The zero-order chi connectivity index (χ0) is 18.4. The predicted molar refractivity (Wildman–Crippen MR) is 104 cm³/mol. The lowest BCUT2D eigenvalue weighted by Gasteiger charge is -2.20. The van der Waals surface area contributed by atoms with Crippen molar-refractivity contribution in [3.05, 3.63) is 30.3 Å². The molecule has 0 aliphatic carbocycles. The molecule has 0 saturated carbocycles. The number of ether oxygens (including phenoxy) is 1. The lowest BCUT2D eigenvalue weighted by molar-refractivity contribution is 0.211. The van der Waals surface area contributed by atoms with Gasteiger partial charge >= 0.3 is 7.60 Å². The monoisotopic (exact) mass is 370 g/mol. The average Bonchev–Trinajstić information content (AvgIpc) is 2.58. The highest BCUT2D eigenvalue weighted by atomic mass is 31.2. The van der Waals surface area contributed by atoms with Gasteiger partial charge in [0.15, 0.2) is 5.85 Å². The maximum atomic E-state index is 11.6. The fourth-order valence-corrected chi connectivity index (χ4v) is 3.71. The van der Waals surface area contributed by atoms with Crippen LogP contribution in [-0.2, 0) is 4.57 Å². The van der Waals surface area contributed by atoms with Crippen molar-refractivity contribution in [2.75, 3.05) is 0 Å². The number of benzene rings is 1. The van der Waals surface area contributed by atoms with Crippen LogP contribution in [0.3, 0.4) is 0 Å². The molecule has 0 radical (unpaired) electrons. The first-order valence-corrected chi connectivity index (χ1v) is 11.5. The van der Waals surface area contributed by atoms with Crippen LogP contribution in [0.2, 0.25) is 0 Å². The molecule has 0 saturated heterocycles. The first-order valence-electron chi connectivity index (χ1n) is 9.81. The van der Waals surface area contributed by atoms with Crippen LogP contribution in [0.4, 0.5) is 0 Å². The van der Waals surface area contributed by atoms with E-state index in [-0.39, 0.29) is 0 Å². The van der Waals surface area contributed by atoms with Gasteiger partial charge in [-0.1, -0.05) is 89.3 Å². The molecule has 0 spiro atoms. The number of hydrogen-bond acceptors (Lipinski definition) is 2. The van der Waals surface area contributed by atoms with E-state index in [1.165, 1.54) is 51.4 Å². The van der Waals surface area contributed by atoms with Crippen LogP contribution in [0.5, 0.6) is 5.75 Å². The van der Waals surface area contributed by atoms with E-state index in [9.17, 15) is 14.4 Å². The summed E-state index contributed by atoms with van der Waals surface area (Å²) in [5.74, 6) is -0.521. The number of para-hydroxylation sites is 1. The Morgan fingerprint density at radius 1 is 0.840 bits per heavy atom. The SMILES string of the molecule is CCCCCCCCCCCCCC(Oc1ccccc1)P(=O)(O)O. The predicted octanol–water partition coefficient (Wildman–Crippen LogP) is 6.27. The van der Waals surface area contributed by atoms with E-state index < -0.39 is 13.4 Å². The lowest BCUT2D eigenvalue weighted by atomic mass is 10.1. The molecule has 1 aromatic carbocycles. The Balaban J connectivity index is 2.12. The lowest BCUT2D eigenvalue weighted by Crippen LogP contribution is -2.16. The molecule has 0 aromatic heterocycles.